The lowest BCUT2D eigenvalue weighted by Crippen LogP contribution is -2.54. The van der Waals surface area contributed by atoms with Crippen molar-refractivity contribution in [3.8, 4) is 11.5 Å². The number of amides is 1. The fourth-order valence-electron chi connectivity index (χ4n) is 3.80. The summed E-state index contributed by atoms with van der Waals surface area (Å²) in [6.45, 7) is 1.48. The molecule has 124 valence electrons. The third-order valence-corrected chi connectivity index (χ3v) is 4.95. The van der Waals surface area contributed by atoms with Crippen LogP contribution in [0.2, 0.25) is 0 Å². The van der Waals surface area contributed by atoms with Gasteiger partial charge in [-0.2, -0.15) is 0 Å². The van der Waals surface area contributed by atoms with Crippen LogP contribution < -0.4 is 9.47 Å². The number of fused-ring (bicyclic) bond motifs is 2. The Bertz CT molecular complexity index is 605. The lowest BCUT2D eigenvalue weighted by molar-refractivity contribution is -0.149. The molecule has 2 fully saturated rings. The zero-order valence-electron chi connectivity index (χ0n) is 13.2. The Kier molecular flexibility index (Phi) is 3.87. The van der Waals surface area contributed by atoms with Crippen molar-refractivity contribution < 1.29 is 23.7 Å². The average Bonchev–Trinajstić information content (AvgIpc) is 3.20. The van der Waals surface area contributed by atoms with E-state index < -0.39 is 0 Å². The minimum Gasteiger partial charge on any atom is -0.454 e. The number of carbonyl (C=O) groups excluding carboxylic acids is 1. The molecule has 2 heterocycles. The van der Waals surface area contributed by atoms with E-state index >= 15 is 0 Å². The summed E-state index contributed by atoms with van der Waals surface area (Å²) in [6.07, 6.45) is 2.36. The molecule has 1 aromatic rings. The SMILES string of the molecule is CO[C@@H]1CC[C@@H]2[C@H]1OCCN2C(=O)Cc1ccc2c(c1)OCO2. The van der Waals surface area contributed by atoms with Gasteiger partial charge in [0.2, 0.25) is 12.7 Å². The van der Waals surface area contributed by atoms with E-state index in [2.05, 4.69) is 0 Å². The summed E-state index contributed by atoms with van der Waals surface area (Å²) < 4.78 is 22.0. The van der Waals surface area contributed by atoms with Gasteiger partial charge in [-0.25, -0.2) is 0 Å². The maximum Gasteiger partial charge on any atom is 0.231 e. The summed E-state index contributed by atoms with van der Waals surface area (Å²) in [4.78, 5) is 14.7. The molecule has 3 aliphatic rings. The second-order valence-electron chi connectivity index (χ2n) is 6.21. The van der Waals surface area contributed by atoms with Crippen molar-refractivity contribution in [1.82, 2.24) is 4.90 Å². The predicted octanol–water partition coefficient (Wildman–Crippen LogP) is 1.36. The van der Waals surface area contributed by atoms with Crippen LogP contribution in [0, 0.1) is 0 Å². The maximum atomic E-state index is 12.8. The topological polar surface area (TPSA) is 57.2 Å². The van der Waals surface area contributed by atoms with Gasteiger partial charge in [0, 0.05) is 13.7 Å². The normalized spacial score (nSPS) is 28.7. The van der Waals surface area contributed by atoms with Gasteiger partial charge in [0.05, 0.1) is 25.2 Å². The van der Waals surface area contributed by atoms with Gasteiger partial charge in [0.15, 0.2) is 11.5 Å². The second-order valence-corrected chi connectivity index (χ2v) is 6.21. The van der Waals surface area contributed by atoms with Crippen molar-refractivity contribution in [2.45, 2.75) is 37.5 Å². The average molecular weight is 319 g/mol. The summed E-state index contributed by atoms with van der Waals surface area (Å²) in [6, 6.07) is 5.82. The Morgan fingerprint density at radius 2 is 2.17 bits per heavy atom. The highest BCUT2D eigenvalue weighted by atomic mass is 16.7. The van der Waals surface area contributed by atoms with Gasteiger partial charge in [-0.05, 0) is 30.5 Å². The Balaban J connectivity index is 1.46. The third kappa shape index (κ3) is 2.66. The van der Waals surface area contributed by atoms with E-state index in [9.17, 15) is 4.79 Å². The lowest BCUT2D eigenvalue weighted by atomic mass is 10.1. The van der Waals surface area contributed by atoms with Crippen LogP contribution in [0.25, 0.3) is 0 Å². The number of methoxy groups -OCH3 is 1. The number of nitrogens with zero attached hydrogens (tertiary/aromatic N) is 1. The van der Waals surface area contributed by atoms with Gasteiger partial charge >= 0.3 is 0 Å². The first-order chi connectivity index (χ1) is 11.3. The lowest BCUT2D eigenvalue weighted by Gasteiger charge is -2.39. The molecule has 23 heavy (non-hydrogen) atoms. The van der Waals surface area contributed by atoms with Gasteiger partial charge < -0.3 is 23.8 Å². The molecule has 0 aromatic heterocycles. The zero-order chi connectivity index (χ0) is 15.8. The van der Waals surface area contributed by atoms with Crippen molar-refractivity contribution >= 4 is 5.91 Å². The van der Waals surface area contributed by atoms with Crippen LogP contribution in [0.1, 0.15) is 18.4 Å². The monoisotopic (exact) mass is 319 g/mol. The molecule has 0 unspecified atom stereocenters. The molecular formula is C17H21NO5. The molecule has 6 nitrogen and oxygen atoms in total. The third-order valence-electron chi connectivity index (χ3n) is 4.95. The molecule has 2 aliphatic heterocycles. The highest BCUT2D eigenvalue weighted by molar-refractivity contribution is 5.79. The number of hydrogen-bond donors (Lipinski definition) is 0. The van der Waals surface area contributed by atoms with Crippen LogP contribution in [0.4, 0.5) is 0 Å². The summed E-state index contributed by atoms with van der Waals surface area (Å²) >= 11 is 0. The van der Waals surface area contributed by atoms with Crippen LogP contribution >= 0.6 is 0 Å². The molecular weight excluding hydrogens is 298 g/mol. The Labute approximate surface area is 135 Å². The fourth-order valence-corrected chi connectivity index (χ4v) is 3.80. The molecule has 3 atom stereocenters. The van der Waals surface area contributed by atoms with E-state index in [1.54, 1.807) is 7.11 Å². The first-order valence-corrected chi connectivity index (χ1v) is 8.08. The van der Waals surface area contributed by atoms with Crippen LogP contribution in [0.15, 0.2) is 18.2 Å². The zero-order valence-corrected chi connectivity index (χ0v) is 13.2. The molecule has 1 saturated heterocycles. The molecule has 0 bridgehead atoms. The molecule has 1 aliphatic carbocycles. The maximum absolute atomic E-state index is 12.8. The number of benzene rings is 1. The van der Waals surface area contributed by atoms with Crippen molar-refractivity contribution in [1.29, 1.82) is 0 Å². The van der Waals surface area contributed by atoms with E-state index in [1.165, 1.54) is 0 Å². The van der Waals surface area contributed by atoms with Gasteiger partial charge in [-0.3, -0.25) is 4.79 Å². The molecule has 1 aromatic carbocycles. The highest BCUT2D eigenvalue weighted by Crippen LogP contribution is 2.34. The number of morpholine rings is 1. The van der Waals surface area contributed by atoms with Gasteiger partial charge in [0.1, 0.15) is 6.10 Å². The molecule has 0 spiro atoms. The van der Waals surface area contributed by atoms with Gasteiger partial charge in [-0.1, -0.05) is 6.07 Å². The van der Waals surface area contributed by atoms with Crippen molar-refractivity contribution in [3.63, 3.8) is 0 Å². The van der Waals surface area contributed by atoms with Crippen LogP contribution in [-0.4, -0.2) is 56.1 Å². The number of hydrogen-bond acceptors (Lipinski definition) is 5. The van der Waals surface area contributed by atoms with Crippen LogP contribution in [0.5, 0.6) is 11.5 Å². The first kappa shape index (κ1) is 14.8. The summed E-state index contributed by atoms with van der Waals surface area (Å²) in [5, 5.41) is 0. The minimum atomic E-state index is 0.00875. The van der Waals surface area contributed by atoms with E-state index in [-0.39, 0.29) is 30.9 Å². The van der Waals surface area contributed by atoms with E-state index in [1.807, 2.05) is 23.1 Å². The quantitative estimate of drug-likeness (QED) is 0.842. The number of ether oxygens (including phenoxy) is 4. The Hall–Kier alpha value is -1.79. The molecule has 1 amide bonds. The molecule has 0 radical (unpaired) electrons. The highest BCUT2D eigenvalue weighted by Gasteiger charge is 2.44. The first-order valence-electron chi connectivity index (χ1n) is 8.08. The van der Waals surface area contributed by atoms with Crippen LogP contribution in [-0.2, 0) is 20.7 Å². The van der Waals surface area contributed by atoms with Crippen molar-refractivity contribution in [2.75, 3.05) is 27.1 Å². The predicted molar refractivity (Wildman–Crippen MR) is 81.5 cm³/mol. The summed E-state index contributed by atoms with van der Waals surface area (Å²) in [5.41, 5.74) is 0.948. The Morgan fingerprint density at radius 1 is 1.30 bits per heavy atom. The number of rotatable bonds is 3. The minimum absolute atomic E-state index is 0.00875. The second kappa shape index (κ2) is 6.02. The van der Waals surface area contributed by atoms with Gasteiger partial charge in [-0.15, -0.1) is 0 Å². The molecule has 6 heteroatoms. The largest absolute Gasteiger partial charge is 0.454 e. The number of carbonyl (C=O) groups is 1. The smallest absolute Gasteiger partial charge is 0.231 e. The van der Waals surface area contributed by atoms with Gasteiger partial charge in [0.25, 0.3) is 0 Å². The standard InChI is InChI=1S/C17H21NO5/c1-20-14-5-3-12-17(14)21-7-6-18(12)16(19)9-11-2-4-13-15(8-11)23-10-22-13/h2,4,8,12,14,17H,3,5-7,9-10H2,1H3/t12-,14-,17-/m1/s1. The fraction of sp³-hybridized carbons (Fsp3) is 0.588. The van der Waals surface area contributed by atoms with Crippen LogP contribution in [0.3, 0.4) is 0 Å². The molecule has 0 N–H and O–H groups in total. The van der Waals surface area contributed by atoms with Crippen molar-refractivity contribution in [3.05, 3.63) is 23.8 Å². The van der Waals surface area contributed by atoms with E-state index in [4.69, 9.17) is 18.9 Å². The Morgan fingerprint density at radius 3 is 3.04 bits per heavy atom. The summed E-state index contributed by atoms with van der Waals surface area (Å²) in [5.74, 6) is 1.60. The molecule has 1 saturated carbocycles. The van der Waals surface area contributed by atoms with E-state index in [0.717, 1.165) is 29.9 Å². The summed E-state index contributed by atoms with van der Waals surface area (Å²) in [7, 11) is 1.71. The molecule has 4 rings (SSSR count). The van der Waals surface area contributed by atoms with Crippen molar-refractivity contribution in [2.24, 2.45) is 0 Å². The van der Waals surface area contributed by atoms with E-state index in [0.29, 0.717) is 19.6 Å².